The molecule has 11 heteroatoms. The van der Waals surface area contributed by atoms with E-state index in [2.05, 4.69) is 22.1 Å². The SMILES string of the molecule is C=CCn1c(SCC(=O)Nc2ccc(C)c(S(=O)(=O)N(C)C)c2)nnc1-c1occc1C. The topological polar surface area (TPSA) is 110 Å². The number of hydrogen-bond acceptors (Lipinski definition) is 7. The van der Waals surface area contributed by atoms with Gasteiger partial charge in [0.15, 0.2) is 10.9 Å². The fourth-order valence-electron chi connectivity index (χ4n) is 2.94. The Morgan fingerprint density at radius 3 is 2.62 bits per heavy atom. The van der Waals surface area contributed by atoms with Gasteiger partial charge < -0.3 is 9.73 Å². The van der Waals surface area contributed by atoms with Crippen molar-refractivity contribution in [2.45, 2.75) is 30.4 Å². The molecule has 3 rings (SSSR count). The zero-order chi connectivity index (χ0) is 23.5. The third kappa shape index (κ3) is 4.95. The molecule has 9 nitrogen and oxygen atoms in total. The number of carbonyl (C=O) groups excluding carboxylic acids is 1. The molecule has 1 amide bonds. The molecule has 0 atom stereocenters. The molecule has 0 radical (unpaired) electrons. The number of thioether (sulfide) groups is 1. The van der Waals surface area contributed by atoms with Crippen LogP contribution >= 0.6 is 11.8 Å². The predicted octanol–water partition coefficient (Wildman–Crippen LogP) is 3.32. The van der Waals surface area contributed by atoms with Crippen LogP contribution in [0.15, 0.2) is 57.7 Å². The Morgan fingerprint density at radius 2 is 2.00 bits per heavy atom. The number of aromatic nitrogens is 3. The van der Waals surface area contributed by atoms with E-state index >= 15 is 0 Å². The number of rotatable bonds is 9. The van der Waals surface area contributed by atoms with Crippen LogP contribution in [0.5, 0.6) is 0 Å². The predicted molar refractivity (Wildman–Crippen MR) is 124 cm³/mol. The summed E-state index contributed by atoms with van der Waals surface area (Å²) in [5.41, 5.74) is 1.94. The summed E-state index contributed by atoms with van der Waals surface area (Å²) in [4.78, 5) is 12.7. The van der Waals surface area contributed by atoms with Crippen LogP contribution < -0.4 is 5.32 Å². The molecule has 3 aromatic rings. The molecule has 0 saturated carbocycles. The molecule has 0 fully saturated rings. The largest absolute Gasteiger partial charge is 0.461 e. The van der Waals surface area contributed by atoms with E-state index < -0.39 is 10.0 Å². The Bertz CT molecular complexity index is 1240. The summed E-state index contributed by atoms with van der Waals surface area (Å²) in [7, 11) is -0.685. The molecule has 0 aliphatic heterocycles. The summed E-state index contributed by atoms with van der Waals surface area (Å²) in [6.45, 7) is 7.85. The molecule has 2 aromatic heterocycles. The zero-order valence-corrected chi connectivity index (χ0v) is 20.0. The zero-order valence-electron chi connectivity index (χ0n) is 18.3. The van der Waals surface area contributed by atoms with Crippen molar-refractivity contribution in [1.82, 2.24) is 19.1 Å². The van der Waals surface area contributed by atoms with Crippen LogP contribution in [0.1, 0.15) is 11.1 Å². The molecule has 170 valence electrons. The molecular weight excluding hydrogens is 450 g/mol. The van der Waals surface area contributed by atoms with Crippen LogP contribution in [0.4, 0.5) is 5.69 Å². The Balaban J connectivity index is 1.74. The van der Waals surface area contributed by atoms with Crippen molar-refractivity contribution in [3.63, 3.8) is 0 Å². The highest BCUT2D eigenvalue weighted by molar-refractivity contribution is 7.99. The molecule has 1 N–H and O–H groups in total. The van der Waals surface area contributed by atoms with E-state index in [0.29, 0.717) is 34.5 Å². The number of nitrogens with zero attached hydrogens (tertiary/aromatic N) is 4. The van der Waals surface area contributed by atoms with Gasteiger partial charge in [-0.2, -0.15) is 0 Å². The summed E-state index contributed by atoms with van der Waals surface area (Å²) >= 11 is 1.22. The van der Waals surface area contributed by atoms with E-state index in [-0.39, 0.29) is 16.6 Å². The molecule has 0 bridgehead atoms. The third-order valence-corrected chi connectivity index (χ3v) is 7.58. The molecule has 32 heavy (non-hydrogen) atoms. The minimum atomic E-state index is -3.62. The molecule has 0 saturated heterocycles. The van der Waals surface area contributed by atoms with Gasteiger partial charge in [0.05, 0.1) is 16.9 Å². The second kappa shape index (κ2) is 9.72. The average Bonchev–Trinajstić information content (AvgIpc) is 3.33. The molecular formula is C21H25N5O4S2. The van der Waals surface area contributed by atoms with Gasteiger partial charge in [-0.05, 0) is 43.2 Å². The number of benzene rings is 1. The van der Waals surface area contributed by atoms with Crippen molar-refractivity contribution in [3.05, 3.63) is 54.3 Å². The van der Waals surface area contributed by atoms with Crippen LogP contribution in [0.3, 0.4) is 0 Å². The second-order valence-electron chi connectivity index (χ2n) is 7.24. The first-order valence-electron chi connectivity index (χ1n) is 9.69. The Morgan fingerprint density at radius 1 is 1.25 bits per heavy atom. The number of aryl methyl sites for hydroxylation is 2. The Kier molecular flexibility index (Phi) is 7.22. The molecule has 0 spiro atoms. The van der Waals surface area contributed by atoms with Crippen LogP contribution in [0.25, 0.3) is 11.6 Å². The number of allylic oxidation sites excluding steroid dienone is 1. The lowest BCUT2D eigenvalue weighted by atomic mass is 10.2. The van der Waals surface area contributed by atoms with Crippen molar-refractivity contribution < 1.29 is 17.6 Å². The smallest absolute Gasteiger partial charge is 0.242 e. The van der Waals surface area contributed by atoms with E-state index in [9.17, 15) is 13.2 Å². The van der Waals surface area contributed by atoms with Crippen LogP contribution in [-0.2, 0) is 21.4 Å². The summed E-state index contributed by atoms with van der Waals surface area (Å²) in [6.07, 6.45) is 3.30. The monoisotopic (exact) mass is 475 g/mol. The van der Waals surface area contributed by atoms with Crippen LogP contribution in [0.2, 0.25) is 0 Å². The van der Waals surface area contributed by atoms with Gasteiger partial charge in [0, 0.05) is 26.3 Å². The second-order valence-corrected chi connectivity index (χ2v) is 10.3. The van der Waals surface area contributed by atoms with Gasteiger partial charge in [-0.3, -0.25) is 9.36 Å². The van der Waals surface area contributed by atoms with Gasteiger partial charge in [0.25, 0.3) is 0 Å². The summed E-state index contributed by atoms with van der Waals surface area (Å²) in [6, 6.07) is 6.64. The molecule has 0 aliphatic rings. The van der Waals surface area contributed by atoms with E-state index in [1.807, 2.05) is 17.6 Å². The number of anilines is 1. The van der Waals surface area contributed by atoms with E-state index in [0.717, 1.165) is 9.87 Å². The summed E-state index contributed by atoms with van der Waals surface area (Å²) < 4.78 is 33.5. The number of nitrogens with one attached hydrogen (secondary N) is 1. The van der Waals surface area contributed by atoms with Crippen molar-refractivity contribution >= 4 is 33.4 Å². The van der Waals surface area contributed by atoms with Crippen LogP contribution in [-0.4, -0.2) is 53.2 Å². The molecule has 0 unspecified atom stereocenters. The minimum Gasteiger partial charge on any atom is -0.461 e. The van der Waals surface area contributed by atoms with E-state index in [1.165, 1.54) is 31.9 Å². The maximum atomic E-state index is 12.5. The van der Waals surface area contributed by atoms with Gasteiger partial charge in [-0.25, -0.2) is 12.7 Å². The van der Waals surface area contributed by atoms with E-state index in [1.54, 1.807) is 31.4 Å². The fraction of sp³-hybridized carbons (Fsp3) is 0.286. The van der Waals surface area contributed by atoms with Gasteiger partial charge >= 0.3 is 0 Å². The lowest BCUT2D eigenvalue weighted by Crippen LogP contribution is -2.23. The highest BCUT2D eigenvalue weighted by atomic mass is 32.2. The van der Waals surface area contributed by atoms with Gasteiger partial charge in [-0.1, -0.05) is 23.9 Å². The minimum absolute atomic E-state index is 0.0655. The van der Waals surface area contributed by atoms with Crippen molar-refractivity contribution in [1.29, 1.82) is 0 Å². The molecule has 0 aliphatic carbocycles. The number of furan rings is 1. The molecule has 1 aromatic carbocycles. The van der Waals surface area contributed by atoms with Crippen LogP contribution in [0, 0.1) is 13.8 Å². The standard InChI is InChI=1S/C21H25N5O4S2/c1-6-10-26-20(19-15(3)9-11-30-19)23-24-21(26)31-13-18(27)22-16-8-7-14(2)17(12-16)32(28,29)25(4)5/h6-9,11-12H,1,10,13H2,2-5H3,(H,22,27). The first kappa shape index (κ1) is 23.8. The average molecular weight is 476 g/mol. The van der Waals surface area contributed by atoms with E-state index in [4.69, 9.17) is 4.42 Å². The maximum Gasteiger partial charge on any atom is 0.242 e. The Hall–Kier alpha value is -2.89. The Labute approximate surface area is 191 Å². The highest BCUT2D eigenvalue weighted by Gasteiger charge is 2.21. The maximum absolute atomic E-state index is 12.5. The third-order valence-electron chi connectivity index (χ3n) is 4.66. The van der Waals surface area contributed by atoms with Gasteiger partial charge in [-0.15, -0.1) is 16.8 Å². The normalized spacial score (nSPS) is 11.7. The van der Waals surface area contributed by atoms with Crippen molar-refractivity contribution in [2.24, 2.45) is 0 Å². The lowest BCUT2D eigenvalue weighted by Gasteiger charge is -2.15. The quantitative estimate of drug-likeness (QED) is 0.373. The lowest BCUT2D eigenvalue weighted by molar-refractivity contribution is -0.113. The number of carbonyl (C=O) groups is 1. The van der Waals surface area contributed by atoms with Gasteiger partial charge in [0.1, 0.15) is 0 Å². The fourth-order valence-corrected chi connectivity index (χ4v) is 4.83. The number of hydrogen-bond donors (Lipinski definition) is 1. The highest BCUT2D eigenvalue weighted by Crippen LogP contribution is 2.27. The van der Waals surface area contributed by atoms with Gasteiger partial charge in [0.2, 0.25) is 21.8 Å². The number of sulfonamides is 1. The first-order chi connectivity index (χ1) is 15.1. The summed E-state index contributed by atoms with van der Waals surface area (Å²) in [5.74, 6) is 0.948. The first-order valence-corrected chi connectivity index (χ1v) is 12.1. The molecule has 2 heterocycles. The van der Waals surface area contributed by atoms with Crippen molar-refractivity contribution in [3.8, 4) is 11.6 Å². The number of amides is 1. The van der Waals surface area contributed by atoms with Crippen molar-refractivity contribution in [2.75, 3.05) is 25.2 Å². The summed E-state index contributed by atoms with van der Waals surface area (Å²) in [5, 5.41) is 11.7.